The molecule has 2 amide bonds. The minimum atomic E-state index is -0.912. The van der Waals surface area contributed by atoms with E-state index in [9.17, 15) is 18.4 Å². The van der Waals surface area contributed by atoms with Crippen LogP contribution in [0.1, 0.15) is 29.5 Å². The molecular formula is C27H26F2N4O2. The molecule has 0 aromatic heterocycles. The van der Waals surface area contributed by atoms with Crippen LogP contribution >= 0.6 is 0 Å². The van der Waals surface area contributed by atoms with Gasteiger partial charge in [-0.05, 0) is 35.7 Å². The summed E-state index contributed by atoms with van der Waals surface area (Å²) in [5.41, 5.74) is 4.96. The van der Waals surface area contributed by atoms with Gasteiger partial charge in [-0.25, -0.2) is 8.78 Å². The number of amides is 2. The lowest BCUT2D eigenvalue weighted by molar-refractivity contribution is -0.127. The Morgan fingerprint density at radius 1 is 0.943 bits per heavy atom. The molecule has 0 saturated carbocycles. The van der Waals surface area contributed by atoms with E-state index in [1.807, 2.05) is 60.7 Å². The fourth-order valence-electron chi connectivity index (χ4n) is 3.42. The maximum Gasteiger partial charge on any atom is 0.247 e. The molecule has 3 aromatic rings. The fourth-order valence-corrected chi connectivity index (χ4v) is 3.42. The first kappa shape index (κ1) is 25.3. The molecule has 3 rings (SSSR count). The van der Waals surface area contributed by atoms with Crippen molar-refractivity contribution < 1.29 is 18.4 Å². The maximum absolute atomic E-state index is 13.3. The van der Waals surface area contributed by atoms with Gasteiger partial charge in [0.1, 0.15) is 23.5 Å². The van der Waals surface area contributed by atoms with Crippen LogP contribution in [0.2, 0.25) is 0 Å². The summed E-state index contributed by atoms with van der Waals surface area (Å²) in [4.78, 5) is 24.5. The highest BCUT2D eigenvalue weighted by Crippen LogP contribution is 2.22. The molecule has 1 atom stereocenters. The summed E-state index contributed by atoms with van der Waals surface area (Å²) < 4.78 is 26.6. The Labute approximate surface area is 202 Å². The molecule has 0 aliphatic carbocycles. The molecule has 0 aliphatic rings. The van der Waals surface area contributed by atoms with Crippen LogP contribution in [0.5, 0.6) is 0 Å². The molecule has 0 aliphatic heterocycles. The minimum Gasteiger partial charge on any atom is -0.344 e. The van der Waals surface area contributed by atoms with E-state index in [4.69, 9.17) is 0 Å². The number of hydrogen-bond donors (Lipinski definition) is 3. The lowest BCUT2D eigenvalue weighted by Crippen LogP contribution is -2.46. The summed E-state index contributed by atoms with van der Waals surface area (Å²) in [7, 11) is 0. The number of rotatable bonds is 10. The van der Waals surface area contributed by atoms with Gasteiger partial charge in [0.25, 0.3) is 0 Å². The summed E-state index contributed by atoms with van der Waals surface area (Å²) in [5.74, 6) is -2.62. The maximum atomic E-state index is 13.3. The number of carbonyl (C=O) groups is 2. The Morgan fingerprint density at radius 3 is 2.03 bits per heavy atom. The highest BCUT2D eigenvalue weighted by molar-refractivity contribution is 5.88. The number of benzene rings is 3. The Bertz CT molecular complexity index is 1140. The molecule has 0 unspecified atom stereocenters. The molecular weight excluding hydrogens is 450 g/mol. The molecule has 35 heavy (non-hydrogen) atoms. The van der Waals surface area contributed by atoms with E-state index in [-0.39, 0.29) is 23.7 Å². The van der Waals surface area contributed by atoms with Crippen molar-refractivity contribution in [3.8, 4) is 0 Å². The molecule has 180 valence electrons. The van der Waals surface area contributed by atoms with E-state index < -0.39 is 29.5 Å². The third-order valence-electron chi connectivity index (χ3n) is 5.07. The van der Waals surface area contributed by atoms with Crippen molar-refractivity contribution in [2.24, 2.45) is 5.10 Å². The van der Waals surface area contributed by atoms with Gasteiger partial charge in [-0.15, -0.1) is 0 Å². The average molecular weight is 477 g/mol. The zero-order valence-corrected chi connectivity index (χ0v) is 19.2. The number of nitrogens with one attached hydrogen (secondary N) is 3. The molecule has 0 spiro atoms. The number of hydrogen-bond acceptors (Lipinski definition) is 4. The van der Waals surface area contributed by atoms with Gasteiger partial charge in [-0.1, -0.05) is 67.2 Å². The number of nitrogens with zero attached hydrogens (tertiary/aromatic N) is 1. The van der Waals surface area contributed by atoms with Gasteiger partial charge in [-0.3, -0.25) is 15.0 Å². The second-order valence-electron chi connectivity index (χ2n) is 7.90. The first-order chi connectivity index (χ1) is 16.8. The monoisotopic (exact) mass is 476 g/mol. The highest BCUT2D eigenvalue weighted by Gasteiger charge is 2.17. The molecule has 8 heteroatoms. The van der Waals surface area contributed by atoms with Crippen LogP contribution in [-0.4, -0.2) is 24.1 Å². The van der Waals surface area contributed by atoms with Gasteiger partial charge >= 0.3 is 0 Å². The van der Waals surface area contributed by atoms with Crippen LogP contribution in [0.15, 0.2) is 96.4 Å². The molecule has 0 fully saturated rings. The number of hydrazone groups is 1. The zero-order chi connectivity index (χ0) is 25.2. The fraction of sp³-hybridized carbons (Fsp3) is 0.148. The molecule has 3 aromatic carbocycles. The number of halogens is 2. The summed E-state index contributed by atoms with van der Waals surface area (Å²) in [6.45, 7) is 5.22. The van der Waals surface area contributed by atoms with Gasteiger partial charge in [0.2, 0.25) is 11.8 Å². The van der Waals surface area contributed by atoms with Crippen molar-refractivity contribution in [3.05, 3.63) is 120 Å². The lowest BCUT2D eigenvalue weighted by atomic mass is 9.92. The molecule has 0 saturated heterocycles. The van der Waals surface area contributed by atoms with Crippen molar-refractivity contribution in [2.45, 2.75) is 25.3 Å². The lowest BCUT2D eigenvalue weighted by Gasteiger charge is -2.16. The quantitative estimate of drug-likeness (QED) is 0.306. The Balaban J connectivity index is 1.53. The average Bonchev–Trinajstić information content (AvgIpc) is 2.82. The second kappa shape index (κ2) is 12.2. The van der Waals surface area contributed by atoms with E-state index in [1.54, 1.807) is 6.21 Å². The van der Waals surface area contributed by atoms with Crippen LogP contribution < -0.4 is 16.1 Å². The first-order valence-corrected chi connectivity index (χ1v) is 10.9. The van der Waals surface area contributed by atoms with Gasteiger partial charge in [-0.2, -0.15) is 5.10 Å². The van der Waals surface area contributed by atoms with Crippen molar-refractivity contribution in [3.63, 3.8) is 0 Å². The van der Waals surface area contributed by atoms with Gasteiger partial charge in [0, 0.05) is 18.2 Å². The molecule has 6 nitrogen and oxygen atoms in total. The Hall–Kier alpha value is -4.33. The molecule has 0 radical (unpaired) electrons. The first-order valence-electron chi connectivity index (χ1n) is 10.9. The second-order valence-corrected chi connectivity index (χ2v) is 7.90. The summed E-state index contributed by atoms with van der Waals surface area (Å²) in [5, 5.41) is 9.24. The predicted molar refractivity (Wildman–Crippen MR) is 131 cm³/mol. The van der Waals surface area contributed by atoms with Crippen molar-refractivity contribution >= 4 is 18.0 Å². The zero-order valence-electron chi connectivity index (χ0n) is 19.2. The third-order valence-corrected chi connectivity index (χ3v) is 5.07. The molecule has 0 bridgehead atoms. The molecule has 0 heterocycles. The molecule has 3 N–H and O–H groups in total. The summed E-state index contributed by atoms with van der Waals surface area (Å²) >= 11 is 0. The van der Waals surface area contributed by atoms with Crippen LogP contribution in [0, 0.1) is 11.6 Å². The largest absolute Gasteiger partial charge is 0.344 e. The Kier molecular flexibility index (Phi) is 8.83. The smallest absolute Gasteiger partial charge is 0.247 e. The van der Waals surface area contributed by atoms with Crippen molar-refractivity contribution in [1.29, 1.82) is 0 Å². The minimum absolute atomic E-state index is 0.112. The van der Waals surface area contributed by atoms with Crippen molar-refractivity contribution in [2.75, 3.05) is 0 Å². The van der Waals surface area contributed by atoms with E-state index in [1.165, 1.54) is 6.92 Å². The van der Waals surface area contributed by atoms with E-state index in [0.717, 1.165) is 29.3 Å². The van der Waals surface area contributed by atoms with E-state index in [2.05, 4.69) is 27.7 Å². The van der Waals surface area contributed by atoms with Gasteiger partial charge in [0.15, 0.2) is 0 Å². The van der Waals surface area contributed by atoms with Crippen LogP contribution in [-0.2, 0) is 16.0 Å². The van der Waals surface area contributed by atoms with Gasteiger partial charge < -0.3 is 10.6 Å². The predicted octanol–water partition coefficient (Wildman–Crippen LogP) is 4.01. The van der Waals surface area contributed by atoms with Crippen LogP contribution in [0.4, 0.5) is 8.78 Å². The van der Waals surface area contributed by atoms with Gasteiger partial charge in [0.05, 0.1) is 6.42 Å². The highest BCUT2D eigenvalue weighted by atomic mass is 19.1. The Morgan fingerprint density at radius 2 is 1.49 bits per heavy atom. The summed E-state index contributed by atoms with van der Waals surface area (Å²) in [6, 6.07) is 21.6. The van der Waals surface area contributed by atoms with Crippen molar-refractivity contribution in [1.82, 2.24) is 16.1 Å². The summed E-state index contributed by atoms with van der Waals surface area (Å²) in [6.07, 6.45) is 1.45. The van der Waals surface area contributed by atoms with Crippen LogP contribution in [0.3, 0.4) is 0 Å². The topological polar surface area (TPSA) is 82.6 Å². The van der Waals surface area contributed by atoms with E-state index in [0.29, 0.717) is 0 Å². The third kappa shape index (κ3) is 7.89. The normalized spacial score (nSPS) is 11.8. The number of carbonyl (C=O) groups excluding carboxylic acids is 2. The SMILES string of the molecule is C=C(N/N=C/C(c1ccccc1)c1ccccc1)NC(=O)[C@H](C)NC(=O)Cc1cc(F)cc(F)c1. The van der Waals surface area contributed by atoms with E-state index >= 15 is 0 Å². The van der Waals surface area contributed by atoms with Crippen LogP contribution in [0.25, 0.3) is 0 Å². The standard InChI is InChI=1S/C27H26F2N4O2/c1-18(31-26(34)15-20-13-23(28)16-24(29)14-20)27(35)32-19(2)33-30-17-25(21-9-5-3-6-10-21)22-11-7-4-8-12-22/h3-14,16-18,25,33H,2,15H2,1H3,(H,31,34)(H,32,35)/b30-17+/t18-/m0/s1.